The van der Waals surface area contributed by atoms with E-state index in [2.05, 4.69) is 15.6 Å². The van der Waals surface area contributed by atoms with Crippen molar-refractivity contribution in [3.63, 3.8) is 0 Å². The second-order valence-corrected chi connectivity index (χ2v) is 3.47. The summed E-state index contributed by atoms with van der Waals surface area (Å²) in [5.41, 5.74) is 1.86. The average Bonchev–Trinajstić information content (AvgIpc) is 2.30. The number of rotatable bonds is 7. The van der Waals surface area contributed by atoms with Gasteiger partial charge in [-0.15, -0.1) is 0 Å². The molecular weight excluding hydrogens is 218 g/mol. The van der Waals surface area contributed by atoms with Gasteiger partial charge in [-0.25, -0.2) is 0 Å². The predicted molar refractivity (Wildman–Crippen MR) is 68.1 cm³/mol. The van der Waals surface area contributed by atoms with Crippen molar-refractivity contribution in [3.05, 3.63) is 18.5 Å². The Morgan fingerprint density at radius 2 is 2.00 bits per heavy atom. The van der Waals surface area contributed by atoms with Gasteiger partial charge in [0.05, 0.1) is 36.8 Å². The molecule has 5 heteroatoms. The zero-order chi connectivity index (χ0) is 12.5. The van der Waals surface area contributed by atoms with Crippen LogP contribution in [-0.4, -0.2) is 30.6 Å². The summed E-state index contributed by atoms with van der Waals surface area (Å²) in [4.78, 5) is 15.2. The van der Waals surface area contributed by atoms with Gasteiger partial charge < -0.3 is 15.4 Å². The maximum atomic E-state index is 11.1. The van der Waals surface area contributed by atoms with Crippen LogP contribution in [0.3, 0.4) is 0 Å². The number of ether oxygens (including phenoxy) is 1. The first kappa shape index (κ1) is 13.3. The Kier molecular flexibility index (Phi) is 5.85. The van der Waals surface area contributed by atoms with Crippen molar-refractivity contribution in [2.75, 3.05) is 30.3 Å². The van der Waals surface area contributed by atoms with E-state index in [0.717, 1.165) is 17.9 Å². The summed E-state index contributed by atoms with van der Waals surface area (Å²) in [5, 5.41) is 6.30. The molecular formula is C12H19N3O2. The standard InChI is InChI=1S/C12H19N3O2/c1-3-14-10-7-11(9-13-8-10)15-6-5-12(16)17-4-2/h7-9,14-15H,3-6H2,1-2H3. The summed E-state index contributed by atoms with van der Waals surface area (Å²) in [7, 11) is 0. The van der Waals surface area contributed by atoms with E-state index in [1.165, 1.54) is 0 Å². The largest absolute Gasteiger partial charge is 0.466 e. The highest BCUT2D eigenvalue weighted by Crippen LogP contribution is 2.12. The van der Waals surface area contributed by atoms with Gasteiger partial charge in [-0.2, -0.15) is 0 Å². The molecule has 0 saturated carbocycles. The summed E-state index contributed by atoms with van der Waals surface area (Å²) >= 11 is 0. The summed E-state index contributed by atoms with van der Waals surface area (Å²) < 4.78 is 4.84. The number of carbonyl (C=O) groups is 1. The third-order valence-corrected chi connectivity index (χ3v) is 2.08. The van der Waals surface area contributed by atoms with Crippen molar-refractivity contribution in [2.24, 2.45) is 0 Å². The summed E-state index contributed by atoms with van der Waals surface area (Å²) in [6, 6.07) is 1.96. The topological polar surface area (TPSA) is 63.2 Å². The lowest BCUT2D eigenvalue weighted by molar-refractivity contribution is -0.142. The van der Waals surface area contributed by atoms with E-state index in [4.69, 9.17) is 4.74 Å². The van der Waals surface area contributed by atoms with Crippen molar-refractivity contribution >= 4 is 17.3 Å². The molecule has 0 aliphatic carbocycles. The smallest absolute Gasteiger partial charge is 0.307 e. The van der Waals surface area contributed by atoms with Crippen LogP contribution >= 0.6 is 0 Å². The maximum Gasteiger partial charge on any atom is 0.307 e. The molecule has 1 aromatic rings. The molecule has 0 bridgehead atoms. The molecule has 5 nitrogen and oxygen atoms in total. The van der Waals surface area contributed by atoms with Gasteiger partial charge in [0.15, 0.2) is 0 Å². The number of hydrogen-bond acceptors (Lipinski definition) is 5. The van der Waals surface area contributed by atoms with Gasteiger partial charge in [0, 0.05) is 13.1 Å². The lowest BCUT2D eigenvalue weighted by Crippen LogP contribution is -2.11. The molecule has 0 aromatic carbocycles. The molecule has 1 rings (SSSR count). The van der Waals surface area contributed by atoms with Gasteiger partial charge in [-0.3, -0.25) is 9.78 Å². The molecule has 17 heavy (non-hydrogen) atoms. The van der Waals surface area contributed by atoms with Crippen LogP contribution < -0.4 is 10.6 Å². The molecule has 1 heterocycles. The second kappa shape index (κ2) is 7.49. The Balaban J connectivity index is 2.35. The number of pyridine rings is 1. The molecule has 0 unspecified atom stereocenters. The Bertz CT molecular complexity index is 355. The molecule has 2 N–H and O–H groups in total. The highest BCUT2D eigenvalue weighted by Gasteiger charge is 2.01. The minimum Gasteiger partial charge on any atom is -0.466 e. The highest BCUT2D eigenvalue weighted by atomic mass is 16.5. The van der Waals surface area contributed by atoms with Gasteiger partial charge in [-0.05, 0) is 19.9 Å². The maximum absolute atomic E-state index is 11.1. The van der Waals surface area contributed by atoms with Crippen LogP contribution in [0.4, 0.5) is 11.4 Å². The summed E-state index contributed by atoms with van der Waals surface area (Å²) in [5.74, 6) is -0.184. The molecule has 0 fully saturated rings. The molecule has 94 valence electrons. The Labute approximate surface area is 102 Å². The normalized spacial score (nSPS) is 9.76. The number of hydrogen-bond donors (Lipinski definition) is 2. The summed E-state index contributed by atoms with van der Waals surface area (Å²) in [6.45, 7) is 5.66. The number of esters is 1. The number of nitrogens with one attached hydrogen (secondary N) is 2. The van der Waals surface area contributed by atoms with Gasteiger partial charge >= 0.3 is 5.97 Å². The van der Waals surface area contributed by atoms with E-state index in [9.17, 15) is 4.79 Å². The number of nitrogens with zero attached hydrogens (tertiary/aromatic N) is 1. The van der Waals surface area contributed by atoms with Crippen molar-refractivity contribution in [1.82, 2.24) is 4.98 Å². The van der Waals surface area contributed by atoms with Gasteiger partial charge in [0.2, 0.25) is 0 Å². The van der Waals surface area contributed by atoms with E-state index in [1.807, 2.05) is 13.0 Å². The third kappa shape index (κ3) is 5.19. The van der Waals surface area contributed by atoms with Crippen molar-refractivity contribution in [2.45, 2.75) is 20.3 Å². The van der Waals surface area contributed by atoms with Crippen LogP contribution in [0.5, 0.6) is 0 Å². The summed E-state index contributed by atoms with van der Waals surface area (Å²) in [6.07, 6.45) is 3.85. The SMILES string of the molecule is CCNc1cncc(NCCC(=O)OCC)c1. The molecule has 0 atom stereocenters. The van der Waals surface area contributed by atoms with Crippen molar-refractivity contribution < 1.29 is 9.53 Å². The number of aromatic nitrogens is 1. The van der Waals surface area contributed by atoms with Gasteiger partial charge in [0.25, 0.3) is 0 Å². The van der Waals surface area contributed by atoms with Crippen LogP contribution in [0, 0.1) is 0 Å². The lowest BCUT2D eigenvalue weighted by atomic mass is 10.3. The minimum absolute atomic E-state index is 0.184. The van der Waals surface area contributed by atoms with E-state index in [0.29, 0.717) is 19.6 Å². The number of carbonyl (C=O) groups excluding carboxylic acids is 1. The Morgan fingerprint density at radius 3 is 2.65 bits per heavy atom. The first-order valence-corrected chi connectivity index (χ1v) is 5.84. The molecule has 0 aliphatic heterocycles. The first-order chi connectivity index (χ1) is 8.26. The third-order valence-electron chi connectivity index (χ3n) is 2.08. The Hall–Kier alpha value is -1.78. The van der Waals surface area contributed by atoms with E-state index in [-0.39, 0.29) is 5.97 Å². The fraction of sp³-hybridized carbons (Fsp3) is 0.500. The van der Waals surface area contributed by atoms with Gasteiger partial charge in [0.1, 0.15) is 0 Å². The van der Waals surface area contributed by atoms with Crippen LogP contribution in [0.1, 0.15) is 20.3 Å². The zero-order valence-corrected chi connectivity index (χ0v) is 10.3. The van der Waals surface area contributed by atoms with Crippen molar-refractivity contribution in [3.8, 4) is 0 Å². The van der Waals surface area contributed by atoms with E-state index in [1.54, 1.807) is 19.3 Å². The average molecular weight is 237 g/mol. The van der Waals surface area contributed by atoms with Crippen LogP contribution in [0.15, 0.2) is 18.5 Å². The molecule has 0 aliphatic rings. The molecule has 0 spiro atoms. The molecule has 0 radical (unpaired) electrons. The van der Waals surface area contributed by atoms with Crippen molar-refractivity contribution in [1.29, 1.82) is 0 Å². The fourth-order valence-corrected chi connectivity index (χ4v) is 1.38. The van der Waals surface area contributed by atoms with Gasteiger partial charge in [-0.1, -0.05) is 0 Å². The van der Waals surface area contributed by atoms with E-state index >= 15 is 0 Å². The quantitative estimate of drug-likeness (QED) is 0.709. The highest BCUT2D eigenvalue weighted by molar-refractivity contribution is 5.70. The fourth-order valence-electron chi connectivity index (χ4n) is 1.38. The first-order valence-electron chi connectivity index (χ1n) is 5.84. The van der Waals surface area contributed by atoms with Crippen LogP contribution in [0.2, 0.25) is 0 Å². The number of anilines is 2. The molecule has 0 saturated heterocycles. The second-order valence-electron chi connectivity index (χ2n) is 3.47. The van der Waals surface area contributed by atoms with Crippen LogP contribution in [0.25, 0.3) is 0 Å². The zero-order valence-electron chi connectivity index (χ0n) is 10.3. The van der Waals surface area contributed by atoms with E-state index < -0.39 is 0 Å². The minimum atomic E-state index is -0.184. The predicted octanol–water partition coefficient (Wildman–Crippen LogP) is 1.88. The monoisotopic (exact) mass is 237 g/mol. The Morgan fingerprint density at radius 1 is 1.29 bits per heavy atom. The van der Waals surface area contributed by atoms with Crippen LogP contribution in [-0.2, 0) is 9.53 Å². The molecule has 1 aromatic heterocycles. The molecule has 0 amide bonds. The lowest BCUT2D eigenvalue weighted by Gasteiger charge is -2.08.